The molecule has 5 heteroatoms. The van der Waals surface area contributed by atoms with E-state index in [9.17, 15) is 9.59 Å². The number of carbonyl (C=O) groups excluding carboxylic acids is 2. The molecule has 0 aromatic carbocycles. The third-order valence-electron chi connectivity index (χ3n) is 4.56. The Labute approximate surface area is 168 Å². The summed E-state index contributed by atoms with van der Waals surface area (Å²) in [4.78, 5) is 23.5. The van der Waals surface area contributed by atoms with E-state index in [0.717, 1.165) is 24.8 Å². The van der Waals surface area contributed by atoms with Gasteiger partial charge in [-0.25, -0.2) is 0 Å². The number of aliphatic hydroxyl groups is 2. The topological polar surface area (TPSA) is 83.8 Å². The maximum Gasteiger partial charge on any atom is 0.306 e. The Bertz CT molecular complexity index is 582. The van der Waals surface area contributed by atoms with Crippen molar-refractivity contribution in [3.8, 4) is 0 Å². The summed E-state index contributed by atoms with van der Waals surface area (Å²) in [5, 5.41) is 17.8. The van der Waals surface area contributed by atoms with Gasteiger partial charge < -0.3 is 14.9 Å². The maximum atomic E-state index is 12.0. The second-order valence-corrected chi connectivity index (χ2v) is 6.95. The highest BCUT2D eigenvalue weighted by molar-refractivity contribution is 6.07. The van der Waals surface area contributed by atoms with Crippen molar-refractivity contribution < 1.29 is 24.5 Å². The van der Waals surface area contributed by atoms with Crippen molar-refractivity contribution in [1.29, 1.82) is 0 Å². The van der Waals surface area contributed by atoms with Gasteiger partial charge >= 0.3 is 5.97 Å². The average molecular weight is 391 g/mol. The quantitative estimate of drug-likeness (QED) is 0.204. The lowest BCUT2D eigenvalue weighted by molar-refractivity contribution is -0.153. The molecule has 0 bridgehead atoms. The number of ether oxygens (including phenoxy) is 1. The van der Waals surface area contributed by atoms with E-state index in [2.05, 4.69) is 13.0 Å². The lowest BCUT2D eigenvalue weighted by Gasteiger charge is -2.12. The number of aliphatic hydroxyl groups excluding tert-OH is 2. The van der Waals surface area contributed by atoms with Gasteiger partial charge in [-0.2, -0.15) is 0 Å². The first kappa shape index (κ1) is 24.1. The van der Waals surface area contributed by atoms with Gasteiger partial charge in [0.2, 0.25) is 0 Å². The molecule has 0 aromatic rings. The van der Waals surface area contributed by atoms with Crippen LogP contribution in [-0.2, 0) is 14.3 Å². The first-order chi connectivity index (χ1) is 13.6. The Hall–Kier alpha value is -1.98. The maximum absolute atomic E-state index is 12.0. The summed E-state index contributed by atoms with van der Waals surface area (Å²) in [6, 6.07) is 0. The van der Waals surface area contributed by atoms with Crippen LogP contribution in [0.3, 0.4) is 0 Å². The van der Waals surface area contributed by atoms with Gasteiger partial charge in [0, 0.05) is 17.9 Å². The first-order valence-corrected chi connectivity index (χ1v) is 10.3. The monoisotopic (exact) mass is 390 g/mol. The molecule has 1 aliphatic carbocycles. The Balaban J connectivity index is 2.31. The number of rotatable bonds is 14. The van der Waals surface area contributed by atoms with Gasteiger partial charge in [0.1, 0.15) is 6.10 Å². The third-order valence-corrected chi connectivity index (χ3v) is 4.56. The third kappa shape index (κ3) is 9.81. The molecule has 5 nitrogen and oxygen atoms in total. The largest absolute Gasteiger partial charge is 0.457 e. The van der Waals surface area contributed by atoms with Gasteiger partial charge in [-0.1, -0.05) is 56.2 Å². The summed E-state index contributed by atoms with van der Waals surface area (Å²) in [7, 11) is 0. The van der Waals surface area contributed by atoms with E-state index in [1.165, 1.54) is 19.3 Å². The predicted octanol–water partition coefficient (Wildman–Crippen LogP) is 3.82. The van der Waals surface area contributed by atoms with E-state index in [0.29, 0.717) is 6.42 Å². The summed E-state index contributed by atoms with van der Waals surface area (Å²) < 4.78 is 4.91. The number of unbranched alkanes of at least 4 members (excludes halogenated alkanes) is 4. The van der Waals surface area contributed by atoms with Crippen LogP contribution in [0.1, 0.15) is 58.3 Å². The van der Waals surface area contributed by atoms with E-state index < -0.39 is 12.1 Å². The fourth-order valence-corrected chi connectivity index (χ4v) is 2.88. The second-order valence-electron chi connectivity index (χ2n) is 6.95. The van der Waals surface area contributed by atoms with E-state index in [1.807, 2.05) is 30.4 Å². The Morgan fingerprint density at radius 2 is 1.89 bits per heavy atom. The zero-order chi connectivity index (χ0) is 20.6. The number of esters is 1. The van der Waals surface area contributed by atoms with Gasteiger partial charge in [-0.15, -0.1) is 0 Å². The minimum atomic E-state index is -0.833. The van der Waals surface area contributed by atoms with Crippen LogP contribution in [-0.4, -0.2) is 41.3 Å². The Morgan fingerprint density at radius 1 is 1.14 bits per heavy atom. The van der Waals surface area contributed by atoms with Crippen LogP contribution in [0.4, 0.5) is 0 Å². The van der Waals surface area contributed by atoms with Crippen molar-refractivity contribution in [3.63, 3.8) is 0 Å². The zero-order valence-electron chi connectivity index (χ0n) is 16.9. The van der Waals surface area contributed by atoms with E-state index in [1.54, 1.807) is 6.08 Å². The molecule has 1 aliphatic rings. The normalized spacial score (nSPS) is 18.4. The molecule has 0 fully saturated rings. The highest BCUT2D eigenvalue weighted by Crippen LogP contribution is 2.25. The predicted molar refractivity (Wildman–Crippen MR) is 111 cm³/mol. The van der Waals surface area contributed by atoms with Crippen LogP contribution in [0.25, 0.3) is 0 Å². The van der Waals surface area contributed by atoms with Crippen LogP contribution in [0.2, 0.25) is 0 Å². The molecule has 0 spiro atoms. The molecule has 0 aliphatic heterocycles. The molecular weight excluding hydrogens is 356 g/mol. The minimum Gasteiger partial charge on any atom is -0.457 e. The number of hydrogen-bond donors (Lipinski definition) is 2. The molecule has 1 atom stereocenters. The SMILES string of the molecule is CCCCC/C=C/C=C1/C(=O)C=C[C@@H]1C/C=C\CCCC(=O)OC(CO)CO. The van der Waals surface area contributed by atoms with Gasteiger partial charge in [0.15, 0.2) is 5.78 Å². The number of allylic oxidation sites excluding steroid dienone is 8. The smallest absolute Gasteiger partial charge is 0.306 e. The number of carbonyl (C=O) groups is 2. The van der Waals surface area contributed by atoms with Gasteiger partial charge in [0.25, 0.3) is 0 Å². The van der Waals surface area contributed by atoms with E-state index >= 15 is 0 Å². The molecule has 1 rings (SSSR count). The number of ketones is 1. The number of hydrogen-bond acceptors (Lipinski definition) is 5. The highest BCUT2D eigenvalue weighted by atomic mass is 16.6. The van der Waals surface area contributed by atoms with Gasteiger partial charge in [0.05, 0.1) is 13.2 Å². The summed E-state index contributed by atoms with van der Waals surface area (Å²) in [6.07, 6.45) is 19.9. The lowest BCUT2D eigenvalue weighted by atomic mass is 9.97. The summed E-state index contributed by atoms with van der Waals surface area (Å²) >= 11 is 0. The van der Waals surface area contributed by atoms with Crippen molar-refractivity contribution in [1.82, 2.24) is 0 Å². The van der Waals surface area contributed by atoms with Gasteiger partial charge in [-0.05, 0) is 38.2 Å². The molecule has 156 valence electrons. The van der Waals surface area contributed by atoms with Crippen molar-refractivity contribution in [2.75, 3.05) is 13.2 Å². The van der Waals surface area contributed by atoms with Crippen molar-refractivity contribution >= 4 is 11.8 Å². The second kappa shape index (κ2) is 15.0. The molecular formula is C23H34O5. The Kier molecular flexibility index (Phi) is 12.9. The molecule has 28 heavy (non-hydrogen) atoms. The van der Waals surface area contributed by atoms with E-state index in [-0.39, 0.29) is 31.3 Å². The fourth-order valence-electron chi connectivity index (χ4n) is 2.88. The molecule has 0 saturated heterocycles. The minimum absolute atomic E-state index is 0.0849. The molecule has 0 amide bonds. The summed E-state index contributed by atoms with van der Waals surface area (Å²) in [5.41, 5.74) is 0.832. The van der Waals surface area contributed by atoms with Crippen LogP contribution in [0.5, 0.6) is 0 Å². The highest BCUT2D eigenvalue weighted by Gasteiger charge is 2.20. The first-order valence-electron chi connectivity index (χ1n) is 10.3. The van der Waals surface area contributed by atoms with Gasteiger partial charge in [-0.3, -0.25) is 9.59 Å². The fraction of sp³-hybridized carbons (Fsp3) is 0.565. The zero-order valence-corrected chi connectivity index (χ0v) is 16.9. The van der Waals surface area contributed by atoms with Crippen LogP contribution in [0.15, 0.2) is 48.1 Å². The molecule has 0 heterocycles. The van der Waals surface area contributed by atoms with Crippen LogP contribution < -0.4 is 0 Å². The van der Waals surface area contributed by atoms with Crippen molar-refractivity contribution in [3.05, 3.63) is 48.1 Å². The van der Waals surface area contributed by atoms with Crippen LogP contribution in [0, 0.1) is 5.92 Å². The summed E-state index contributed by atoms with van der Waals surface area (Å²) in [5.74, 6) is -0.215. The van der Waals surface area contributed by atoms with Crippen LogP contribution >= 0.6 is 0 Å². The summed E-state index contributed by atoms with van der Waals surface area (Å²) in [6.45, 7) is 1.43. The molecule has 0 aromatic heterocycles. The molecule has 0 saturated carbocycles. The molecule has 0 unspecified atom stereocenters. The lowest BCUT2D eigenvalue weighted by Crippen LogP contribution is -2.25. The standard InChI is InChI=1S/C23H34O5/c1-2-3-4-5-6-10-13-21-19(15-16-22(21)26)12-9-7-8-11-14-23(27)28-20(17-24)18-25/h6-7,9-10,13,15-16,19-20,24-25H,2-5,8,11-12,14,17-18H2,1H3/b9-7-,10-6+,21-13+/t19-/m0/s1. The van der Waals surface area contributed by atoms with Crippen molar-refractivity contribution in [2.24, 2.45) is 5.92 Å². The van der Waals surface area contributed by atoms with E-state index in [4.69, 9.17) is 14.9 Å². The average Bonchev–Trinajstić information content (AvgIpc) is 3.05. The molecule has 0 radical (unpaired) electrons. The molecule has 2 N–H and O–H groups in total. The Morgan fingerprint density at radius 3 is 2.61 bits per heavy atom. The van der Waals surface area contributed by atoms with Crippen molar-refractivity contribution in [2.45, 2.75) is 64.4 Å².